The van der Waals surface area contributed by atoms with E-state index in [0.717, 1.165) is 18.5 Å². The highest BCUT2D eigenvalue weighted by Gasteiger charge is 2.21. The van der Waals surface area contributed by atoms with Gasteiger partial charge < -0.3 is 10.6 Å². The number of nitrogens with two attached hydrogens (primary N) is 1. The molecule has 0 atom stereocenters. The van der Waals surface area contributed by atoms with E-state index >= 15 is 0 Å². The van der Waals surface area contributed by atoms with E-state index in [-0.39, 0.29) is 0 Å². The molecule has 1 saturated carbocycles. The first-order valence-corrected chi connectivity index (χ1v) is 7.18. The van der Waals surface area contributed by atoms with E-state index in [1.807, 2.05) is 0 Å². The SMILES string of the molecule is CC(C)CCN(CCCCN)C1CCCC1. The Labute approximate surface area is 102 Å². The molecule has 0 spiro atoms. The molecule has 0 unspecified atom stereocenters. The van der Waals surface area contributed by atoms with Crippen molar-refractivity contribution in [1.82, 2.24) is 4.90 Å². The van der Waals surface area contributed by atoms with Crippen LogP contribution in [0.1, 0.15) is 58.8 Å². The molecule has 1 aliphatic carbocycles. The molecule has 0 aliphatic heterocycles. The highest BCUT2D eigenvalue weighted by molar-refractivity contribution is 4.77. The molecule has 0 aromatic rings. The van der Waals surface area contributed by atoms with E-state index < -0.39 is 0 Å². The average Bonchev–Trinajstić information content (AvgIpc) is 2.76. The van der Waals surface area contributed by atoms with Crippen molar-refractivity contribution in [3.05, 3.63) is 0 Å². The highest BCUT2D eigenvalue weighted by Crippen LogP contribution is 2.24. The summed E-state index contributed by atoms with van der Waals surface area (Å²) in [5.74, 6) is 0.832. The summed E-state index contributed by atoms with van der Waals surface area (Å²) >= 11 is 0. The molecule has 2 N–H and O–H groups in total. The monoisotopic (exact) mass is 226 g/mol. The van der Waals surface area contributed by atoms with Crippen LogP contribution in [-0.2, 0) is 0 Å². The van der Waals surface area contributed by atoms with Gasteiger partial charge in [0.05, 0.1) is 0 Å². The first kappa shape index (κ1) is 14.0. The maximum absolute atomic E-state index is 5.57. The van der Waals surface area contributed by atoms with Gasteiger partial charge in [0, 0.05) is 6.04 Å². The van der Waals surface area contributed by atoms with E-state index in [1.165, 1.54) is 58.0 Å². The molecular weight excluding hydrogens is 196 g/mol. The van der Waals surface area contributed by atoms with Crippen LogP contribution < -0.4 is 5.73 Å². The van der Waals surface area contributed by atoms with E-state index in [4.69, 9.17) is 5.73 Å². The van der Waals surface area contributed by atoms with Crippen LogP contribution in [-0.4, -0.2) is 30.6 Å². The predicted molar refractivity (Wildman–Crippen MR) is 71.6 cm³/mol. The van der Waals surface area contributed by atoms with Gasteiger partial charge in [0.15, 0.2) is 0 Å². The molecule has 16 heavy (non-hydrogen) atoms. The third-order valence-electron chi connectivity index (χ3n) is 3.73. The Bertz CT molecular complexity index is 162. The lowest BCUT2D eigenvalue weighted by Crippen LogP contribution is -2.35. The van der Waals surface area contributed by atoms with Gasteiger partial charge in [-0.05, 0) is 57.7 Å². The molecule has 0 aromatic carbocycles. The standard InChI is InChI=1S/C14H30N2/c1-13(2)9-12-16(11-6-5-10-15)14-7-3-4-8-14/h13-14H,3-12,15H2,1-2H3. The summed E-state index contributed by atoms with van der Waals surface area (Å²) in [7, 11) is 0. The van der Waals surface area contributed by atoms with Gasteiger partial charge in [-0.15, -0.1) is 0 Å². The molecular formula is C14H30N2. The Balaban J connectivity index is 2.28. The van der Waals surface area contributed by atoms with Crippen molar-refractivity contribution in [1.29, 1.82) is 0 Å². The van der Waals surface area contributed by atoms with Gasteiger partial charge in [-0.25, -0.2) is 0 Å². The molecule has 1 fully saturated rings. The highest BCUT2D eigenvalue weighted by atomic mass is 15.2. The Morgan fingerprint density at radius 1 is 1.12 bits per heavy atom. The normalized spacial score (nSPS) is 17.8. The number of rotatable bonds is 8. The fourth-order valence-corrected chi connectivity index (χ4v) is 2.63. The van der Waals surface area contributed by atoms with Gasteiger partial charge in [0.25, 0.3) is 0 Å². The smallest absolute Gasteiger partial charge is 0.00952 e. The fourth-order valence-electron chi connectivity index (χ4n) is 2.63. The molecule has 2 nitrogen and oxygen atoms in total. The summed E-state index contributed by atoms with van der Waals surface area (Å²) in [6, 6.07) is 0.886. The first-order valence-electron chi connectivity index (χ1n) is 7.18. The molecule has 0 aromatic heterocycles. The summed E-state index contributed by atoms with van der Waals surface area (Å²) in [5.41, 5.74) is 5.57. The number of nitrogens with zero attached hydrogens (tertiary/aromatic N) is 1. The van der Waals surface area contributed by atoms with Gasteiger partial charge in [0.1, 0.15) is 0 Å². The zero-order valence-corrected chi connectivity index (χ0v) is 11.3. The molecule has 1 aliphatic rings. The average molecular weight is 226 g/mol. The molecule has 0 saturated heterocycles. The predicted octanol–water partition coefficient (Wildman–Crippen LogP) is 3.02. The van der Waals surface area contributed by atoms with Crippen LogP contribution in [0.4, 0.5) is 0 Å². The van der Waals surface area contributed by atoms with E-state index in [0.29, 0.717) is 0 Å². The number of hydrogen-bond acceptors (Lipinski definition) is 2. The summed E-state index contributed by atoms with van der Waals surface area (Å²) in [6.07, 6.45) is 9.57. The first-order chi connectivity index (χ1) is 7.74. The lowest BCUT2D eigenvalue weighted by molar-refractivity contribution is 0.185. The lowest BCUT2D eigenvalue weighted by atomic mass is 10.1. The largest absolute Gasteiger partial charge is 0.330 e. The summed E-state index contributed by atoms with van der Waals surface area (Å²) in [4.78, 5) is 2.74. The van der Waals surface area contributed by atoms with Crippen molar-refractivity contribution < 1.29 is 0 Å². The zero-order valence-electron chi connectivity index (χ0n) is 11.3. The molecule has 2 heteroatoms. The Morgan fingerprint density at radius 3 is 2.38 bits per heavy atom. The van der Waals surface area contributed by atoms with Crippen LogP contribution >= 0.6 is 0 Å². The van der Waals surface area contributed by atoms with Crippen LogP contribution in [0.5, 0.6) is 0 Å². The third kappa shape index (κ3) is 5.31. The molecule has 96 valence electrons. The Kier molecular flexibility index (Phi) is 7.06. The Hall–Kier alpha value is -0.0800. The summed E-state index contributed by atoms with van der Waals surface area (Å²) < 4.78 is 0. The second-order valence-electron chi connectivity index (χ2n) is 5.65. The molecule has 0 amide bonds. The molecule has 0 bridgehead atoms. The van der Waals surface area contributed by atoms with Gasteiger partial charge in [-0.3, -0.25) is 0 Å². The van der Waals surface area contributed by atoms with Gasteiger partial charge in [0.2, 0.25) is 0 Å². The number of hydrogen-bond donors (Lipinski definition) is 1. The second-order valence-corrected chi connectivity index (χ2v) is 5.65. The Morgan fingerprint density at radius 2 is 1.81 bits per heavy atom. The summed E-state index contributed by atoms with van der Waals surface area (Å²) in [6.45, 7) is 8.07. The van der Waals surface area contributed by atoms with Crippen LogP contribution in [0.3, 0.4) is 0 Å². The maximum atomic E-state index is 5.57. The van der Waals surface area contributed by atoms with Gasteiger partial charge in [-0.2, -0.15) is 0 Å². The van der Waals surface area contributed by atoms with Crippen LogP contribution in [0.2, 0.25) is 0 Å². The molecule has 0 heterocycles. The van der Waals surface area contributed by atoms with Crippen LogP contribution in [0.15, 0.2) is 0 Å². The second kappa shape index (κ2) is 8.08. The van der Waals surface area contributed by atoms with E-state index in [9.17, 15) is 0 Å². The number of unbranched alkanes of at least 4 members (excludes halogenated alkanes) is 1. The van der Waals surface area contributed by atoms with Crippen molar-refractivity contribution in [3.8, 4) is 0 Å². The molecule has 0 radical (unpaired) electrons. The summed E-state index contributed by atoms with van der Waals surface area (Å²) in [5, 5.41) is 0. The minimum absolute atomic E-state index is 0.832. The minimum Gasteiger partial charge on any atom is -0.330 e. The maximum Gasteiger partial charge on any atom is 0.00952 e. The fraction of sp³-hybridized carbons (Fsp3) is 1.00. The van der Waals surface area contributed by atoms with Crippen molar-refractivity contribution in [3.63, 3.8) is 0 Å². The van der Waals surface area contributed by atoms with E-state index in [2.05, 4.69) is 18.7 Å². The van der Waals surface area contributed by atoms with Crippen molar-refractivity contribution in [2.24, 2.45) is 11.7 Å². The van der Waals surface area contributed by atoms with E-state index in [1.54, 1.807) is 0 Å². The topological polar surface area (TPSA) is 29.3 Å². The lowest BCUT2D eigenvalue weighted by Gasteiger charge is -2.29. The van der Waals surface area contributed by atoms with Crippen molar-refractivity contribution in [2.45, 2.75) is 64.8 Å². The molecule has 1 rings (SSSR count). The zero-order chi connectivity index (χ0) is 11.8. The van der Waals surface area contributed by atoms with Crippen molar-refractivity contribution in [2.75, 3.05) is 19.6 Å². The van der Waals surface area contributed by atoms with Gasteiger partial charge in [-0.1, -0.05) is 26.7 Å². The minimum atomic E-state index is 0.832. The quantitative estimate of drug-likeness (QED) is 0.645. The third-order valence-corrected chi connectivity index (χ3v) is 3.73. The van der Waals surface area contributed by atoms with Crippen LogP contribution in [0, 0.1) is 5.92 Å². The van der Waals surface area contributed by atoms with Crippen molar-refractivity contribution >= 4 is 0 Å². The van der Waals surface area contributed by atoms with Crippen LogP contribution in [0.25, 0.3) is 0 Å². The van der Waals surface area contributed by atoms with Gasteiger partial charge >= 0.3 is 0 Å².